The molecule has 1 aromatic heterocycles. The Labute approximate surface area is 161 Å². The molecule has 0 aliphatic heterocycles. The molecule has 2 aromatic rings. The Bertz CT molecular complexity index is 861. The molecule has 1 aliphatic carbocycles. The Morgan fingerprint density at radius 2 is 2.00 bits per heavy atom. The molecule has 0 N–H and O–H groups in total. The van der Waals surface area contributed by atoms with Gasteiger partial charge in [0.25, 0.3) is 0 Å². The van der Waals surface area contributed by atoms with Gasteiger partial charge in [0.2, 0.25) is 0 Å². The number of nitrogens with zero attached hydrogens (tertiary/aromatic N) is 2. The van der Waals surface area contributed by atoms with Crippen LogP contribution in [0.4, 0.5) is 13.2 Å². The van der Waals surface area contributed by atoms with Crippen LogP contribution in [0.15, 0.2) is 57.9 Å². The molecule has 1 atom stereocenters. The lowest BCUT2D eigenvalue weighted by Crippen LogP contribution is -2.03. The second-order valence-electron chi connectivity index (χ2n) is 6.00. The maximum Gasteiger partial charge on any atom is 0.301 e. The quantitative estimate of drug-likeness (QED) is 0.433. The minimum absolute atomic E-state index is 0.239. The van der Waals surface area contributed by atoms with Crippen molar-refractivity contribution < 1.29 is 22.2 Å². The number of allylic oxidation sites excluding steroid dienone is 1. The molecule has 1 fully saturated rings. The van der Waals surface area contributed by atoms with Gasteiger partial charge in [0.1, 0.15) is 12.3 Å². The van der Waals surface area contributed by atoms with Crippen molar-refractivity contribution in [3.8, 4) is 0 Å². The molecule has 144 valence electrons. The van der Waals surface area contributed by atoms with Crippen LogP contribution in [0.5, 0.6) is 0 Å². The number of rotatable bonds is 9. The lowest BCUT2D eigenvalue weighted by molar-refractivity contribution is 0.134. The maximum atomic E-state index is 12.9. The van der Waals surface area contributed by atoms with Gasteiger partial charge < -0.3 is 4.84 Å². The fourth-order valence-electron chi connectivity index (χ4n) is 2.16. The molecule has 1 saturated carbocycles. The van der Waals surface area contributed by atoms with Crippen molar-refractivity contribution in [2.75, 3.05) is 12.4 Å². The molecule has 9 heteroatoms. The van der Waals surface area contributed by atoms with E-state index in [1.807, 2.05) is 30.3 Å². The first-order valence-corrected chi connectivity index (χ1v) is 10.5. The lowest BCUT2D eigenvalue weighted by atomic mass is 10.1. The van der Waals surface area contributed by atoms with Gasteiger partial charge >= 0.3 is 6.08 Å². The topological polar surface area (TPSA) is 51.5 Å². The highest BCUT2D eigenvalue weighted by molar-refractivity contribution is 7.87. The normalized spacial score (nSPS) is 15.4. The van der Waals surface area contributed by atoms with Gasteiger partial charge in [0.05, 0.1) is 15.7 Å². The van der Waals surface area contributed by atoms with Crippen molar-refractivity contribution in [1.82, 2.24) is 4.98 Å². The maximum absolute atomic E-state index is 12.9. The highest BCUT2D eigenvalue weighted by Gasteiger charge is 2.22. The van der Waals surface area contributed by atoms with E-state index < -0.39 is 29.1 Å². The summed E-state index contributed by atoms with van der Waals surface area (Å²) in [4.78, 5) is 10.2. The largest absolute Gasteiger partial charge is 0.395 e. The van der Waals surface area contributed by atoms with Crippen molar-refractivity contribution in [2.45, 2.75) is 23.6 Å². The van der Waals surface area contributed by atoms with Gasteiger partial charge in [-0.25, -0.2) is 9.37 Å². The van der Waals surface area contributed by atoms with Gasteiger partial charge in [-0.2, -0.15) is 8.78 Å². The molecular formula is C18H17F3N2O2S2. The number of aromatic nitrogens is 1. The molecule has 0 saturated heterocycles. The van der Waals surface area contributed by atoms with Crippen molar-refractivity contribution in [2.24, 2.45) is 11.1 Å². The Hall–Kier alpha value is -2.00. The van der Waals surface area contributed by atoms with Crippen LogP contribution in [0.2, 0.25) is 0 Å². The zero-order valence-corrected chi connectivity index (χ0v) is 15.9. The first-order valence-electron chi connectivity index (χ1n) is 8.34. The third-order valence-electron chi connectivity index (χ3n) is 3.83. The van der Waals surface area contributed by atoms with Crippen LogP contribution in [0.1, 0.15) is 29.7 Å². The summed E-state index contributed by atoms with van der Waals surface area (Å²) in [5.41, 5.74) is 1.39. The minimum Gasteiger partial charge on any atom is -0.395 e. The molecule has 0 amide bonds. The molecule has 0 spiro atoms. The first kappa shape index (κ1) is 19.8. The standard InChI is InChI=1S/C18H17F3N2O2S2/c19-14(17(20)21)8-9-27(24)18-22-10-15(26-18)16(13-4-2-1-3-5-13)23-25-11-12-6-7-12/h1-5,10,12H,6-9,11H2/b23-16+. The minimum atomic E-state index is -2.38. The summed E-state index contributed by atoms with van der Waals surface area (Å²) in [6, 6.07) is 9.37. The van der Waals surface area contributed by atoms with Crippen LogP contribution in [0.3, 0.4) is 0 Å². The van der Waals surface area contributed by atoms with E-state index in [-0.39, 0.29) is 10.1 Å². The van der Waals surface area contributed by atoms with Crippen LogP contribution in [-0.4, -0.2) is 27.3 Å². The Morgan fingerprint density at radius 3 is 2.67 bits per heavy atom. The first-order chi connectivity index (χ1) is 13.0. The average molecular weight is 414 g/mol. The van der Waals surface area contributed by atoms with Gasteiger partial charge in [-0.15, -0.1) is 11.3 Å². The molecule has 0 radical (unpaired) electrons. The summed E-state index contributed by atoms with van der Waals surface area (Å²) in [5, 5.41) is 4.24. The van der Waals surface area contributed by atoms with Crippen LogP contribution >= 0.6 is 11.3 Å². The molecular weight excluding hydrogens is 397 g/mol. The van der Waals surface area contributed by atoms with E-state index in [2.05, 4.69) is 10.1 Å². The highest BCUT2D eigenvalue weighted by atomic mass is 32.2. The van der Waals surface area contributed by atoms with Crippen molar-refractivity contribution >= 4 is 27.8 Å². The van der Waals surface area contributed by atoms with Gasteiger partial charge in [0.15, 0.2) is 10.2 Å². The number of halogens is 3. The Kier molecular flexibility index (Phi) is 6.78. The molecule has 1 heterocycles. The SMILES string of the molecule is O=S(CCC(F)=C(F)F)c1ncc(/C(=N/OCC2CC2)c2ccccc2)s1. The van der Waals surface area contributed by atoms with E-state index >= 15 is 0 Å². The number of hydrogen-bond acceptors (Lipinski definition) is 5. The second kappa shape index (κ2) is 9.27. The Morgan fingerprint density at radius 1 is 1.26 bits per heavy atom. The molecule has 1 unspecified atom stereocenters. The number of oxime groups is 1. The van der Waals surface area contributed by atoms with Crippen molar-refractivity contribution in [1.29, 1.82) is 0 Å². The predicted molar refractivity (Wildman–Crippen MR) is 99.1 cm³/mol. The van der Waals surface area contributed by atoms with E-state index in [0.717, 1.165) is 29.7 Å². The summed E-state index contributed by atoms with van der Waals surface area (Å²) in [7, 11) is -1.67. The fourth-order valence-corrected chi connectivity index (χ4v) is 4.42. The van der Waals surface area contributed by atoms with Crippen LogP contribution in [0.25, 0.3) is 0 Å². The molecule has 27 heavy (non-hydrogen) atoms. The van der Waals surface area contributed by atoms with Gasteiger partial charge in [-0.05, 0) is 18.8 Å². The van der Waals surface area contributed by atoms with Crippen LogP contribution in [0, 0.1) is 5.92 Å². The molecule has 3 rings (SSSR count). The molecule has 1 aromatic carbocycles. The van der Waals surface area contributed by atoms with Gasteiger partial charge in [-0.3, -0.25) is 4.21 Å². The lowest BCUT2D eigenvalue weighted by Gasteiger charge is -2.04. The van der Waals surface area contributed by atoms with E-state index in [1.54, 1.807) is 0 Å². The van der Waals surface area contributed by atoms with Crippen molar-refractivity contribution in [3.05, 3.63) is 58.9 Å². The summed E-state index contributed by atoms with van der Waals surface area (Å²) in [5.74, 6) is -1.25. The predicted octanol–water partition coefficient (Wildman–Crippen LogP) is 4.90. The summed E-state index contributed by atoms with van der Waals surface area (Å²) >= 11 is 1.13. The Balaban J connectivity index is 1.75. The average Bonchev–Trinajstić information content (AvgIpc) is 3.37. The van der Waals surface area contributed by atoms with Gasteiger partial charge in [-0.1, -0.05) is 35.5 Å². The van der Waals surface area contributed by atoms with E-state index in [9.17, 15) is 17.4 Å². The summed E-state index contributed by atoms with van der Waals surface area (Å²) in [6.45, 7) is 0.550. The molecule has 1 aliphatic rings. The number of thiazole rings is 1. The molecule has 0 bridgehead atoms. The smallest absolute Gasteiger partial charge is 0.301 e. The zero-order chi connectivity index (χ0) is 19.2. The highest BCUT2D eigenvalue weighted by Crippen LogP contribution is 2.29. The third-order valence-corrected chi connectivity index (χ3v) is 6.51. The molecule has 4 nitrogen and oxygen atoms in total. The van der Waals surface area contributed by atoms with Crippen molar-refractivity contribution in [3.63, 3.8) is 0 Å². The third kappa shape index (κ3) is 5.74. The summed E-state index contributed by atoms with van der Waals surface area (Å²) in [6.07, 6.45) is 0.840. The fraction of sp³-hybridized carbons (Fsp3) is 0.333. The second-order valence-corrected chi connectivity index (χ2v) is 8.78. The summed E-state index contributed by atoms with van der Waals surface area (Å²) < 4.78 is 49.6. The van der Waals surface area contributed by atoms with Crippen LogP contribution in [-0.2, 0) is 15.6 Å². The van der Waals surface area contributed by atoms with E-state index in [1.165, 1.54) is 6.20 Å². The van der Waals surface area contributed by atoms with Gasteiger partial charge in [0, 0.05) is 23.9 Å². The number of benzene rings is 1. The van der Waals surface area contributed by atoms with E-state index in [0.29, 0.717) is 23.1 Å². The zero-order valence-electron chi connectivity index (χ0n) is 14.2. The monoisotopic (exact) mass is 414 g/mol. The van der Waals surface area contributed by atoms with E-state index in [4.69, 9.17) is 4.84 Å². The number of hydrogen-bond donors (Lipinski definition) is 0. The van der Waals surface area contributed by atoms with Crippen LogP contribution < -0.4 is 0 Å².